The van der Waals surface area contributed by atoms with Gasteiger partial charge in [-0.05, 0) is 23.4 Å². The van der Waals surface area contributed by atoms with E-state index in [1.165, 1.54) is 18.4 Å². The predicted molar refractivity (Wildman–Crippen MR) is 66.9 cm³/mol. The number of hydrogen-bond donors (Lipinski definition) is 1. The van der Waals surface area contributed by atoms with Crippen molar-refractivity contribution in [3.05, 3.63) is 28.5 Å². The highest BCUT2D eigenvalue weighted by Gasteiger charge is 2.21. The average molecular weight is 267 g/mol. The van der Waals surface area contributed by atoms with Gasteiger partial charge in [0.25, 0.3) is 0 Å². The monoisotopic (exact) mass is 267 g/mol. The van der Waals surface area contributed by atoms with Crippen molar-refractivity contribution in [2.24, 2.45) is 0 Å². The molecule has 2 rings (SSSR count). The zero-order chi connectivity index (χ0) is 13.1. The van der Waals surface area contributed by atoms with E-state index in [9.17, 15) is 4.79 Å². The molecule has 0 saturated carbocycles. The largest absolute Gasteiger partial charge is 0.475 e. The maximum absolute atomic E-state index is 11.0. The Balaban J connectivity index is 2.46. The second kappa shape index (κ2) is 5.32. The number of aryl methyl sites for hydroxylation is 1. The summed E-state index contributed by atoms with van der Waals surface area (Å²) < 4.78 is 10.3. The van der Waals surface area contributed by atoms with E-state index in [4.69, 9.17) is 14.3 Å². The van der Waals surface area contributed by atoms with Gasteiger partial charge in [-0.15, -0.1) is 11.3 Å². The van der Waals surface area contributed by atoms with Crippen molar-refractivity contribution < 1.29 is 19.1 Å². The van der Waals surface area contributed by atoms with Gasteiger partial charge in [0.2, 0.25) is 11.7 Å². The lowest BCUT2D eigenvalue weighted by atomic mass is 10.2. The zero-order valence-corrected chi connectivity index (χ0v) is 10.9. The Hall–Kier alpha value is -1.66. The number of methoxy groups -OCH3 is 1. The highest BCUT2D eigenvalue weighted by atomic mass is 32.1. The van der Waals surface area contributed by atoms with Crippen molar-refractivity contribution >= 4 is 17.3 Å². The van der Waals surface area contributed by atoms with Crippen molar-refractivity contribution in [1.29, 1.82) is 0 Å². The first-order valence-corrected chi connectivity index (χ1v) is 6.34. The maximum atomic E-state index is 11.0. The number of oxazole rings is 1. The van der Waals surface area contributed by atoms with Crippen LogP contribution in [0.15, 0.2) is 15.9 Å². The zero-order valence-electron chi connectivity index (χ0n) is 10.1. The van der Waals surface area contributed by atoms with Gasteiger partial charge < -0.3 is 14.3 Å². The number of carboxylic acids is 1. The summed E-state index contributed by atoms with van der Waals surface area (Å²) in [6.07, 6.45) is 0.850. The van der Waals surface area contributed by atoms with Crippen LogP contribution in [0.5, 0.6) is 0 Å². The van der Waals surface area contributed by atoms with Crippen molar-refractivity contribution in [3.63, 3.8) is 0 Å². The van der Waals surface area contributed by atoms with Crippen LogP contribution in [0.2, 0.25) is 0 Å². The molecule has 0 aliphatic rings. The molecule has 2 aromatic rings. The highest BCUT2D eigenvalue weighted by molar-refractivity contribution is 7.13. The SMILES string of the molecule is CCc1ccsc1-c1nc(COC)c(C(=O)O)o1. The molecule has 0 fully saturated rings. The van der Waals surface area contributed by atoms with Gasteiger partial charge in [-0.3, -0.25) is 0 Å². The molecule has 0 atom stereocenters. The summed E-state index contributed by atoms with van der Waals surface area (Å²) in [4.78, 5) is 16.1. The van der Waals surface area contributed by atoms with Gasteiger partial charge in [-0.25, -0.2) is 9.78 Å². The fraction of sp³-hybridized carbons (Fsp3) is 0.333. The summed E-state index contributed by atoms with van der Waals surface area (Å²) >= 11 is 1.49. The van der Waals surface area contributed by atoms with E-state index >= 15 is 0 Å². The van der Waals surface area contributed by atoms with Crippen LogP contribution < -0.4 is 0 Å². The van der Waals surface area contributed by atoms with E-state index in [1.807, 2.05) is 18.4 Å². The lowest BCUT2D eigenvalue weighted by Crippen LogP contribution is -2.00. The number of nitrogens with zero attached hydrogens (tertiary/aromatic N) is 1. The van der Waals surface area contributed by atoms with Crippen LogP contribution in [-0.2, 0) is 17.8 Å². The number of ether oxygens (including phenoxy) is 1. The minimum absolute atomic E-state index is 0.123. The molecule has 96 valence electrons. The molecule has 0 amide bonds. The Bertz CT molecular complexity index is 558. The molecule has 0 aliphatic heterocycles. The molecule has 2 aromatic heterocycles. The van der Waals surface area contributed by atoms with Crippen LogP contribution in [0.25, 0.3) is 10.8 Å². The second-order valence-corrected chi connectivity index (χ2v) is 4.58. The molecule has 5 nitrogen and oxygen atoms in total. The van der Waals surface area contributed by atoms with Crippen molar-refractivity contribution in [1.82, 2.24) is 4.98 Å². The second-order valence-electron chi connectivity index (χ2n) is 3.66. The molecule has 0 spiro atoms. The summed E-state index contributed by atoms with van der Waals surface area (Å²) in [5.41, 5.74) is 1.41. The summed E-state index contributed by atoms with van der Waals surface area (Å²) in [5.74, 6) is -0.927. The molecule has 0 unspecified atom stereocenters. The average Bonchev–Trinajstić information content (AvgIpc) is 2.94. The van der Waals surface area contributed by atoms with Gasteiger partial charge in [-0.2, -0.15) is 0 Å². The van der Waals surface area contributed by atoms with Crippen LogP contribution in [0.1, 0.15) is 28.7 Å². The summed E-state index contributed by atoms with van der Waals surface area (Å²) in [6, 6.07) is 1.99. The van der Waals surface area contributed by atoms with Crippen LogP contribution in [0.3, 0.4) is 0 Å². The van der Waals surface area contributed by atoms with Gasteiger partial charge in [0.05, 0.1) is 11.5 Å². The van der Waals surface area contributed by atoms with E-state index in [2.05, 4.69) is 4.98 Å². The number of carboxylic acid groups (broad SMARTS) is 1. The van der Waals surface area contributed by atoms with E-state index < -0.39 is 5.97 Å². The van der Waals surface area contributed by atoms with Gasteiger partial charge in [0.15, 0.2) is 0 Å². The molecule has 18 heavy (non-hydrogen) atoms. The van der Waals surface area contributed by atoms with Crippen molar-refractivity contribution in [2.75, 3.05) is 7.11 Å². The van der Waals surface area contributed by atoms with Crippen LogP contribution in [0.4, 0.5) is 0 Å². The number of aromatic carboxylic acids is 1. The summed E-state index contributed by atoms with van der Waals surface area (Å²) in [5, 5.41) is 11.0. The van der Waals surface area contributed by atoms with Crippen molar-refractivity contribution in [3.8, 4) is 10.8 Å². The minimum Gasteiger partial charge on any atom is -0.475 e. The maximum Gasteiger partial charge on any atom is 0.373 e. The molecule has 0 aromatic carbocycles. The highest BCUT2D eigenvalue weighted by Crippen LogP contribution is 2.31. The normalized spacial score (nSPS) is 10.8. The Kier molecular flexibility index (Phi) is 3.78. The molecule has 0 radical (unpaired) electrons. The lowest BCUT2D eigenvalue weighted by Gasteiger charge is -1.94. The molecule has 0 aliphatic carbocycles. The molecular weight excluding hydrogens is 254 g/mol. The summed E-state index contributed by atoms with van der Waals surface area (Å²) in [7, 11) is 1.49. The van der Waals surface area contributed by atoms with Crippen LogP contribution >= 0.6 is 11.3 Å². The number of rotatable bonds is 5. The van der Waals surface area contributed by atoms with E-state index in [1.54, 1.807) is 0 Å². The van der Waals surface area contributed by atoms with E-state index in [0.29, 0.717) is 11.6 Å². The topological polar surface area (TPSA) is 72.6 Å². The minimum atomic E-state index is -1.13. The lowest BCUT2D eigenvalue weighted by molar-refractivity contribution is 0.0656. The first kappa shape index (κ1) is 12.8. The van der Waals surface area contributed by atoms with Gasteiger partial charge in [0.1, 0.15) is 5.69 Å². The molecule has 2 heterocycles. The Labute approximate surface area is 108 Å². The third kappa shape index (κ3) is 2.30. The third-order valence-corrected chi connectivity index (χ3v) is 3.44. The van der Waals surface area contributed by atoms with Crippen LogP contribution in [0, 0.1) is 0 Å². The number of hydrogen-bond acceptors (Lipinski definition) is 5. The standard InChI is InChI=1S/C12H13NO4S/c1-3-7-4-5-18-10(7)11-13-8(6-16-2)9(17-11)12(14)15/h4-5H,3,6H2,1-2H3,(H,14,15). The number of carbonyl (C=O) groups is 1. The third-order valence-electron chi connectivity index (χ3n) is 2.49. The molecule has 6 heteroatoms. The fourth-order valence-electron chi connectivity index (χ4n) is 1.65. The number of thiophene rings is 1. The molecule has 0 bridgehead atoms. The summed E-state index contributed by atoms with van der Waals surface area (Å²) in [6.45, 7) is 2.15. The smallest absolute Gasteiger partial charge is 0.373 e. The van der Waals surface area contributed by atoms with Crippen LogP contribution in [-0.4, -0.2) is 23.2 Å². The first-order chi connectivity index (χ1) is 8.67. The predicted octanol–water partition coefficient (Wildman–Crippen LogP) is 2.81. The van der Waals surface area contributed by atoms with Gasteiger partial charge in [0, 0.05) is 7.11 Å². The quantitative estimate of drug-likeness (QED) is 0.901. The van der Waals surface area contributed by atoms with Crippen molar-refractivity contribution in [2.45, 2.75) is 20.0 Å². The Morgan fingerprint density at radius 3 is 3.00 bits per heavy atom. The van der Waals surface area contributed by atoms with Gasteiger partial charge >= 0.3 is 5.97 Å². The molecule has 0 saturated heterocycles. The molecular formula is C12H13NO4S. The van der Waals surface area contributed by atoms with E-state index in [0.717, 1.165) is 16.9 Å². The first-order valence-electron chi connectivity index (χ1n) is 5.46. The Morgan fingerprint density at radius 2 is 2.39 bits per heavy atom. The Morgan fingerprint density at radius 1 is 1.61 bits per heavy atom. The molecule has 1 N–H and O–H groups in total. The van der Waals surface area contributed by atoms with E-state index in [-0.39, 0.29) is 12.4 Å². The fourth-order valence-corrected chi connectivity index (χ4v) is 2.57. The number of aromatic nitrogens is 1. The van der Waals surface area contributed by atoms with Gasteiger partial charge in [-0.1, -0.05) is 6.92 Å².